The summed E-state index contributed by atoms with van der Waals surface area (Å²) in [5.41, 5.74) is 1.31. The molecule has 0 aliphatic carbocycles. The molecule has 0 spiro atoms. The third kappa shape index (κ3) is 3.95. The van der Waals surface area contributed by atoms with Crippen LogP contribution in [0.4, 0.5) is 5.82 Å². The Balaban J connectivity index is 1.95. The highest BCUT2D eigenvalue weighted by Crippen LogP contribution is 2.13. The molecule has 2 aromatic rings. The number of ether oxygens (including phenoxy) is 1. The Bertz CT molecular complexity index is 492. The van der Waals surface area contributed by atoms with Crippen molar-refractivity contribution in [3.8, 4) is 5.88 Å². The largest absolute Gasteiger partial charge is 0.481 e. The van der Waals surface area contributed by atoms with E-state index in [0.717, 1.165) is 31.0 Å². The van der Waals surface area contributed by atoms with E-state index in [0.29, 0.717) is 5.88 Å². The minimum absolute atomic E-state index is 0.606. The smallest absolute Gasteiger partial charge is 0.218 e. The first-order chi connectivity index (χ1) is 9.31. The fraction of sp³-hybridized carbons (Fsp3) is 0.333. The van der Waals surface area contributed by atoms with Gasteiger partial charge in [0.05, 0.1) is 7.11 Å². The molecular weight excluding hydrogens is 238 g/mol. The molecule has 0 aliphatic rings. The molecule has 0 unspecified atom stereocenters. The molecule has 19 heavy (non-hydrogen) atoms. The second-order valence-corrected chi connectivity index (χ2v) is 4.23. The highest BCUT2D eigenvalue weighted by Gasteiger charge is 2.03. The zero-order valence-corrected chi connectivity index (χ0v) is 11.4. The molecule has 0 atom stereocenters. The topological polar surface area (TPSA) is 47.0 Å². The number of hydrogen-bond donors (Lipinski definition) is 1. The molecule has 2 rings (SSSR count). The summed E-state index contributed by atoms with van der Waals surface area (Å²) in [4.78, 5) is 8.69. The van der Waals surface area contributed by atoms with Crippen molar-refractivity contribution in [1.82, 2.24) is 9.97 Å². The minimum atomic E-state index is 0.606. The predicted molar refractivity (Wildman–Crippen MR) is 76.6 cm³/mol. The van der Waals surface area contributed by atoms with Gasteiger partial charge in [0.2, 0.25) is 5.88 Å². The fourth-order valence-corrected chi connectivity index (χ4v) is 1.81. The molecule has 0 bridgehead atoms. The van der Waals surface area contributed by atoms with E-state index in [4.69, 9.17) is 4.74 Å². The van der Waals surface area contributed by atoms with E-state index in [1.165, 1.54) is 5.56 Å². The Morgan fingerprint density at radius 3 is 2.63 bits per heavy atom. The van der Waals surface area contributed by atoms with E-state index >= 15 is 0 Å². The van der Waals surface area contributed by atoms with Crippen LogP contribution in [-0.2, 0) is 12.8 Å². The number of benzene rings is 1. The van der Waals surface area contributed by atoms with Gasteiger partial charge in [0.1, 0.15) is 11.6 Å². The predicted octanol–water partition coefficient (Wildman–Crippen LogP) is 2.70. The average molecular weight is 257 g/mol. The molecule has 0 saturated carbocycles. The molecule has 100 valence electrons. The summed E-state index contributed by atoms with van der Waals surface area (Å²) in [6.07, 6.45) is 1.76. The summed E-state index contributed by atoms with van der Waals surface area (Å²) in [7, 11) is 1.62. The lowest BCUT2D eigenvalue weighted by Crippen LogP contribution is -2.08. The van der Waals surface area contributed by atoms with Crippen LogP contribution in [0.1, 0.15) is 18.3 Å². The summed E-state index contributed by atoms with van der Waals surface area (Å²) in [6, 6.07) is 12.2. The van der Waals surface area contributed by atoms with Gasteiger partial charge in [-0.1, -0.05) is 37.3 Å². The maximum Gasteiger partial charge on any atom is 0.218 e. The maximum atomic E-state index is 5.17. The van der Waals surface area contributed by atoms with Crippen molar-refractivity contribution < 1.29 is 4.74 Å². The molecule has 4 heteroatoms. The Labute approximate surface area is 113 Å². The van der Waals surface area contributed by atoms with Gasteiger partial charge in [-0.05, 0) is 12.0 Å². The summed E-state index contributed by atoms with van der Waals surface area (Å²) >= 11 is 0. The van der Waals surface area contributed by atoms with Gasteiger partial charge in [0.25, 0.3) is 0 Å². The lowest BCUT2D eigenvalue weighted by Gasteiger charge is -2.08. The number of aryl methyl sites for hydroxylation is 1. The van der Waals surface area contributed by atoms with Gasteiger partial charge in [-0.25, -0.2) is 4.98 Å². The standard InChI is InChI=1S/C15H19N3O/c1-3-13-17-14(11-15(18-13)19-2)16-10-9-12-7-5-4-6-8-12/h4-8,11H,3,9-10H2,1-2H3,(H,16,17,18). The molecule has 0 amide bonds. The van der Waals surface area contributed by atoms with Crippen LogP contribution in [0.2, 0.25) is 0 Å². The first kappa shape index (κ1) is 13.3. The number of rotatable bonds is 6. The molecule has 0 fully saturated rings. The Morgan fingerprint density at radius 1 is 1.16 bits per heavy atom. The monoisotopic (exact) mass is 257 g/mol. The van der Waals surface area contributed by atoms with Crippen molar-refractivity contribution in [2.75, 3.05) is 19.0 Å². The molecule has 1 heterocycles. The fourth-order valence-electron chi connectivity index (χ4n) is 1.81. The maximum absolute atomic E-state index is 5.17. The van der Waals surface area contributed by atoms with Crippen LogP contribution in [0, 0.1) is 0 Å². The molecule has 0 saturated heterocycles. The second kappa shape index (κ2) is 6.73. The van der Waals surface area contributed by atoms with Crippen LogP contribution in [0.15, 0.2) is 36.4 Å². The van der Waals surface area contributed by atoms with Crippen LogP contribution in [-0.4, -0.2) is 23.6 Å². The van der Waals surface area contributed by atoms with Gasteiger partial charge >= 0.3 is 0 Å². The normalized spacial score (nSPS) is 10.2. The van der Waals surface area contributed by atoms with Crippen LogP contribution >= 0.6 is 0 Å². The van der Waals surface area contributed by atoms with E-state index in [2.05, 4.69) is 39.6 Å². The average Bonchev–Trinajstić information content (AvgIpc) is 2.48. The van der Waals surface area contributed by atoms with Gasteiger partial charge in [-0.3, -0.25) is 0 Å². The molecule has 0 aliphatic heterocycles. The minimum Gasteiger partial charge on any atom is -0.481 e. The van der Waals surface area contributed by atoms with E-state index in [9.17, 15) is 0 Å². The van der Waals surface area contributed by atoms with E-state index in [1.807, 2.05) is 19.1 Å². The second-order valence-electron chi connectivity index (χ2n) is 4.23. The molecule has 0 radical (unpaired) electrons. The zero-order valence-electron chi connectivity index (χ0n) is 11.4. The van der Waals surface area contributed by atoms with Crippen molar-refractivity contribution in [2.24, 2.45) is 0 Å². The Kier molecular flexibility index (Phi) is 4.72. The zero-order chi connectivity index (χ0) is 13.5. The van der Waals surface area contributed by atoms with Crippen molar-refractivity contribution >= 4 is 5.82 Å². The van der Waals surface area contributed by atoms with Gasteiger partial charge in [0, 0.05) is 19.0 Å². The van der Waals surface area contributed by atoms with Crippen molar-refractivity contribution in [2.45, 2.75) is 19.8 Å². The van der Waals surface area contributed by atoms with Crippen molar-refractivity contribution in [3.05, 3.63) is 47.8 Å². The van der Waals surface area contributed by atoms with Crippen molar-refractivity contribution in [3.63, 3.8) is 0 Å². The van der Waals surface area contributed by atoms with Crippen LogP contribution in [0.3, 0.4) is 0 Å². The quantitative estimate of drug-likeness (QED) is 0.864. The van der Waals surface area contributed by atoms with Crippen LogP contribution in [0.25, 0.3) is 0 Å². The highest BCUT2D eigenvalue weighted by atomic mass is 16.5. The number of methoxy groups -OCH3 is 1. The molecule has 1 aromatic heterocycles. The Hall–Kier alpha value is -2.10. The number of anilines is 1. The highest BCUT2D eigenvalue weighted by molar-refractivity contribution is 5.38. The number of nitrogens with one attached hydrogen (secondary N) is 1. The van der Waals surface area contributed by atoms with Gasteiger partial charge < -0.3 is 10.1 Å². The van der Waals surface area contributed by atoms with E-state index < -0.39 is 0 Å². The summed E-state index contributed by atoms with van der Waals surface area (Å²) in [5.74, 6) is 2.22. The van der Waals surface area contributed by atoms with Gasteiger partial charge in [-0.2, -0.15) is 4.98 Å². The molecule has 4 nitrogen and oxygen atoms in total. The number of aromatic nitrogens is 2. The number of nitrogens with zero attached hydrogens (tertiary/aromatic N) is 2. The lowest BCUT2D eigenvalue weighted by molar-refractivity contribution is 0.395. The van der Waals surface area contributed by atoms with Gasteiger partial charge in [-0.15, -0.1) is 0 Å². The first-order valence-electron chi connectivity index (χ1n) is 6.51. The summed E-state index contributed by atoms with van der Waals surface area (Å²) in [6.45, 7) is 2.87. The van der Waals surface area contributed by atoms with Gasteiger partial charge in [0.15, 0.2) is 0 Å². The molecule has 1 N–H and O–H groups in total. The molecule has 1 aromatic carbocycles. The van der Waals surface area contributed by atoms with Crippen LogP contribution in [0.5, 0.6) is 5.88 Å². The van der Waals surface area contributed by atoms with Crippen LogP contribution < -0.4 is 10.1 Å². The first-order valence-corrected chi connectivity index (χ1v) is 6.51. The van der Waals surface area contributed by atoms with Crippen molar-refractivity contribution in [1.29, 1.82) is 0 Å². The summed E-state index contributed by atoms with van der Waals surface area (Å²) in [5, 5.41) is 3.31. The number of hydrogen-bond acceptors (Lipinski definition) is 4. The van der Waals surface area contributed by atoms with E-state index in [1.54, 1.807) is 7.11 Å². The third-order valence-electron chi connectivity index (χ3n) is 2.84. The lowest BCUT2D eigenvalue weighted by atomic mass is 10.1. The third-order valence-corrected chi connectivity index (χ3v) is 2.84. The Morgan fingerprint density at radius 2 is 1.95 bits per heavy atom. The summed E-state index contributed by atoms with van der Waals surface area (Å²) < 4.78 is 5.17. The SMILES string of the molecule is CCc1nc(NCCc2ccccc2)cc(OC)n1. The van der Waals surface area contributed by atoms with E-state index in [-0.39, 0.29) is 0 Å². The molecular formula is C15H19N3O.